The second-order valence-corrected chi connectivity index (χ2v) is 7.55. The Hall–Kier alpha value is -2.12. The molecule has 0 fully saturated rings. The minimum Gasteiger partial charge on any atom is -0.311 e. The molecule has 1 aromatic heterocycles. The monoisotopic (exact) mass is 392 g/mol. The van der Waals surface area contributed by atoms with E-state index in [0.29, 0.717) is 10.2 Å². The first-order chi connectivity index (χ1) is 10.9. The third kappa shape index (κ3) is 3.02. The first kappa shape index (κ1) is 15.8. The summed E-state index contributed by atoms with van der Waals surface area (Å²) in [5.41, 5.74) is 1.06. The summed E-state index contributed by atoms with van der Waals surface area (Å²) >= 11 is 3.25. The van der Waals surface area contributed by atoms with Crippen molar-refractivity contribution in [1.29, 1.82) is 0 Å². The third-order valence-electron chi connectivity index (χ3n) is 3.50. The summed E-state index contributed by atoms with van der Waals surface area (Å²) in [5, 5.41) is 0.777. The number of pyridine rings is 1. The fourth-order valence-electron chi connectivity index (χ4n) is 2.32. The minimum atomic E-state index is -3.70. The maximum Gasteiger partial charge on any atom is 0.263 e. The van der Waals surface area contributed by atoms with Crippen LogP contribution in [0.15, 0.2) is 68.8 Å². The largest absolute Gasteiger partial charge is 0.311 e. The molecule has 23 heavy (non-hydrogen) atoms. The molecular weight excluding hydrogens is 380 g/mol. The highest BCUT2D eigenvalue weighted by Crippen LogP contribution is 2.25. The van der Waals surface area contributed by atoms with Gasteiger partial charge in [-0.25, -0.2) is 8.42 Å². The summed E-state index contributed by atoms with van der Waals surface area (Å²) in [6.45, 7) is 0. The number of rotatable bonds is 3. The van der Waals surface area contributed by atoms with E-state index in [1.807, 2.05) is 0 Å². The zero-order valence-electron chi connectivity index (χ0n) is 12.2. The molecule has 5 nitrogen and oxygen atoms in total. The number of anilines is 1. The van der Waals surface area contributed by atoms with E-state index in [-0.39, 0.29) is 10.5 Å². The van der Waals surface area contributed by atoms with E-state index in [9.17, 15) is 13.2 Å². The van der Waals surface area contributed by atoms with E-state index >= 15 is 0 Å². The standard InChI is InChI=1S/C16H13BrN2O3S/c1-19-14-8-7-12(10-11(14)6-9-16(19)20)18-23(21,22)15-5-3-2-4-13(15)17/h2-10,18H,1H3. The first-order valence-electron chi connectivity index (χ1n) is 6.76. The van der Waals surface area contributed by atoms with Crippen molar-refractivity contribution >= 4 is 42.5 Å². The molecule has 0 saturated heterocycles. The quantitative estimate of drug-likeness (QED) is 0.744. The van der Waals surface area contributed by atoms with Crippen LogP contribution in [0.5, 0.6) is 0 Å². The Morgan fingerprint density at radius 2 is 1.78 bits per heavy atom. The Morgan fingerprint density at radius 3 is 2.52 bits per heavy atom. The van der Waals surface area contributed by atoms with Gasteiger partial charge in [0.1, 0.15) is 4.90 Å². The van der Waals surface area contributed by atoms with Crippen LogP contribution < -0.4 is 10.3 Å². The number of sulfonamides is 1. The average Bonchev–Trinajstić information content (AvgIpc) is 2.51. The number of aromatic nitrogens is 1. The molecule has 0 aliphatic heterocycles. The van der Waals surface area contributed by atoms with Crippen LogP contribution in [-0.4, -0.2) is 13.0 Å². The zero-order chi connectivity index (χ0) is 16.6. The van der Waals surface area contributed by atoms with Gasteiger partial charge in [0.15, 0.2) is 0 Å². The number of nitrogens with one attached hydrogen (secondary N) is 1. The highest BCUT2D eigenvalue weighted by molar-refractivity contribution is 9.10. The number of halogens is 1. The van der Waals surface area contributed by atoms with Crippen molar-refractivity contribution in [3.63, 3.8) is 0 Å². The number of aryl methyl sites for hydroxylation is 1. The van der Waals surface area contributed by atoms with E-state index < -0.39 is 10.0 Å². The van der Waals surface area contributed by atoms with Crippen molar-refractivity contribution in [1.82, 2.24) is 4.57 Å². The second-order valence-electron chi connectivity index (χ2n) is 5.04. The lowest BCUT2D eigenvalue weighted by molar-refractivity contribution is 0.601. The first-order valence-corrected chi connectivity index (χ1v) is 9.03. The minimum absolute atomic E-state index is 0.112. The van der Waals surface area contributed by atoms with E-state index in [4.69, 9.17) is 0 Å². The normalized spacial score (nSPS) is 11.6. The van der Waals surface area contributed by atoms with Gasteiger partial charge in [-0.1, -0.05) is 12.1 Å². The fraction of sp³-hybridized carbons (Fsp3) is 0.0625. The van der Waals surface area contributed by atoms with Crippen molar-refractivity contribution in [3.8, 4) is 0 Å². The van der Waals surface area contributed by atoms with Gasteiger partial charge in [-0.05, 0) is 52.3 Å². The number of benzene rings is 2. The van der Waals surface area contributed by atoms with Crippen LogP contribution >= 0.6 is 15.9 Å². The molecular formula is C16H13BrN2O3S. The van der Waals surface area contributed by atoms with Crippen molar-refractivity contribution in [2.45, 2.75) is 4.90 Å². The smallest absolute Gasteiger partial charge is 0.263 e. The second kappa shape index (κ2) is 5.82. The van der Waals surface area contributed by atoms with Gasteiger partial charge in [-0.2, -0.15) is 0 Å². The van der Waals surface area contributed by atoms with Crippen LogP contribution in [0.2, 0.25) is 0 Å². The van der Waals surface area contributed by atoms with Gasteiger partial charge in [0.2, 0.25) is 0 Å². The third-order valence-corrected chi connectivity index (χ3v) is 5.90. The van der Waals surface area contributed by atoms with Crippen molar-refractivity contribution in [2.75, 3.05) is 4.72 Å². The number of nitrogens with zero attached hydrogens (tertiary/aromatic N) is 1. The van der Waals surface area contributed by atoms with Crippen molar-refractivity contribution in [3.05, 3.63) is 69.4 Å². The molecule has 7 heteroatoms. The fourth-order valence-corrected chi connectivity index (χ4v) is 4.38. The molecule has 0 radical (unpaired) electrons. The highest BCUT2D eigenvalue weighted by Gasteiger charge is 2.17. The van der Waals surface area contributed by atoms with Gasteiger partial charge in [0.25, 0.3) is 15.6 Å². The molecule has 0 bridgehead atoms. The van der Waals surface area contributed by atoms with Crippen LogP contribution in [-0.2, 0) is 17.1 Å². The highest BCUT2D eigenvalue weighted by atomic mass is 79.9. The van der Waals surface area contributed by atoms with Gasteiger partial charge < -0.3 is 4.57 Å². The molecule has 0 atom stereocenters. The Labute approximate surface area is 141 Å². The Kier molecular flexibility index (Phi) is 3.99. The number of hydrogen-bond acceptors (Lipinski definition) is 3. The van der Waals surface area contributed by atoms with Gasteiger partial charge >= 0.3 is 0 Å². The number of hydrogen-bond donors (Lipinski definition) is 1. The topological polar surface area (TPSA) is 68.2 Å². The Morgan fingerprint density at radius 1 is 1.04 bits per heavy atom. The predicted molar refractivity (Wildman–Crippen MR) is 94.1 cm³/mol. The average molecular weight is 393 g/mol. The maximum atomic E-state index is 12.5. The van der Waals surface area contributed by atoms with Gasteiger partial charge in [0.05, 0.1) is 5.52 Å². The van der Waals surface area contributed by atoms with Crippen LogP contribution in [0.1, 0.15) is 0 Å². The van der Waals surface area contributed by atoms with Gasteiger partial charge in [0, 0.05) is 28.7 Å². The summed E-state index contributed by atoms with van der Waals surface area (Å²) in [6.07, 6.45) is 0. The van der Waals surface area contributed by atoms with Crippen LogP contribution in [0.3, 0.4) is 0 Å². The van der Waals surface area contributed by atoms with Crippen LogP contribution in [0.4, 0.5) is 5.69 Å². The molecule has 3 rings (SSSR count). The molecule has 0 spiro atoms. The van der Waals surface area contributed by atoms with Gasteiger partial charge in [-0.3, -0.25) is 9.52 Å². The van der Waals surface area contributed by atoms with E-state index in [1.54, 1.807) is 49.5 Å². The van der Waals surface area contributed by atoms with Crippen molar-refractivity contribution in [2.24, 2.45) is 7.05 Å². The zero-order valence-corrected chi connectivity index (χ0v) is 14.6. The summed E-state index contributed by atoms with van der Waals surface area (Å²) in [4.78, 5) is 11.8. The molecule has 1 heterocycles. The Bertz CT molecular complexity index is 1060. The Balaban J connectivity index is 2.03. The van der Waals surface area contributed by atoms with E-state index in [1.165, 1.54) is 16.7 Å². The van der Waals surface area contributed by atoms with Gasteiger partial charge in [-0.15, -0.1) is 0 Å². The SMILES string of the molecule is Cn1c(=O)ccc2cc(NS(=O)(=O)c3ccccc3Br)ccc21. The molecule has 0 amide bonds. The molecule has 3 aromatic rings. The maximum absolute atomic E-state index is 12.5. The molecule has 0 aliphatic carbocycles. The lowest BCUT2D eigenvalue weighted by Crippen LogP contribution is -2.16. The lowest BCUT2D eigenvalue weighted by atomic mass is 10.2. The molecule has 1 N–H and O–H groups in total. The lowest BCUT2D eigenvalue weighted by Gasteiger charge is -2.11. The van der Waals surface area contributed by atoms with Crippen LogP contribution in [0, 0.1) is 0 Å². The van der Waals surface area contributed by atoms with E-state index in [2.05, 4.69) is 20.7 Å². The summed E-state index contributed by atoms with van der Waals surface area (Å²) < 4.78 is 29.5. The molecule has 0 unspecified atom stereocenters. The summed E-state index contributed by atoms with van der Waals surface area (Å²) in [5.74, 6) is 0. The summed E-state index contributed by atoms with van der Waals surface area (Å²) in [7, 11) is -2.02. The molecule has 0 saturated carbocycles. The van der Waals surface area contributed by atoms with Crippen LogP contribution in [0.25, 0.3) is 10.9 Å². The number of fused-ring (bicyclic) bond motifs is 1. The predicted octanol–water partition coefficient (Wildman–Crippen LogP) is 3.10. The molecule has 118 valence electrons. The van der Waals surface area contributed by atoms with E-state index in [0.717, 1.165) is 10.9 Å². The van der Waals surface area contributed by atoms with Crippen molar-refractivity contribution < 1.29 is 8.42 Å². The summed E-state index contributed by atoms with van der Waals surface area (Å²) in [6, 6.07) is 14.8. The molecule has 2 aromatic carbocycles. The molecule has 0 aliphatic rings.